The SMILES string of the molecule is CC(C)C(CCN)CCC(=O)N[C@@H](C(=O)O)C(C)(C)C. The van der Waals surface area contributed by atoms with Crippen molar-refractivity contribution in [1.82, 2.24) is 5.32 Å². The van der Waals surface area contributed by atoms with Crippen molar-refractivity contribution in [1.29, 1.82) is 0 Å². The number of amides is 1. The number of carbonyl (C=O) groups excluding carboxylic acids is 1. The number of carbonyl (C=O) groups is 2. The molecule has 4 N–H and O–H groups in total. The van der Waals surface area contributed by atoms with Crippen LogP contribution in [-0.4, -0.2) is 29.6 Å². The molecule has 0 heterocycles. The van der Waals surface area contributed by atoms with Crippen molar-refractivity contribution in [3.8, 4) is 0 Å². The third-order valence-electron chi connectivity index (χ3n) is 3.64. The van der Waals surface area contributed by atoms with E-state index in [1.54, 1.807) is 20.8 Å². The summed E-state index contributed by atoms with van der Waals surface area (Å²) in [6.07, 6.45) is 1.99. The van der Waals surface area contributed by atoms with Gasteiger partial charge in [-0.25, -0.2) is 4.79 Å². The molecule has 0 aliphatic carbocycles. The highest BCUT2D eigenvalue weighted by molar-refractivity contribution is 5.84. The number of hydrogen-bond donors (Lipinski definition) is 3. The minimum Gasteiger partial charge on any atom is -0.480 e. The van der Waals surface area contributed by atoms with E-state index in [2.05, 4.69) is 19.2 Å². The van der Waals surface area contributed by atoms with Crippen LogP contribution in [0.2, 0.25) is 0 Å². The summed E-state index contributed by atoms with van der Waals surface area (Å²) in [6.45, 7) is 10.3. The quantitative estimate of drug-likeness (QED) is 0.636. The lowest BCUT2D eigenvalue weighted by atomic mass is 9.86. The van der Waals surface area contributed by atoms with E-state index in [-0.39, 0.29) is 5.91 Å². The second-order valence-corrected chi connectivity index (χ2v) is 6.82. The Hall–Kier alpha value is -1.10. The molecule has 5 nitrogen and oxygen atoms in total. The fraction of sp³-hybridized carbons (Fsp3) is 0.867. The summed E-state index contributed by atoms with van der Waals surface area (Å²) < 4.78 is 0. The Morgan fingerprint density at radius 1 is 1.20 bits per heavy atom. The van der Waals surface area contributed by atoms with Gasteiger partial charge in [-0.15, -0.1) is 0 Å². The van der Waals surface area contributed by atoms with E-state index in [0.717, 1.165) is 12.8 Å². The Bertz CT molecular complexity index is 322. The highest BCUT2D eigenvalue weighted by Gasteiger charge is 2.32. The molecule has 0 aliphatic heterocycles. The molecule has 1 unspecified atom stereocenters. The van der Waals surface area contributed by atoms with Crippen LogP contribution < -0.4 is 11.1 Å². The first-order valence-corrected chi connectivity index (χ1v) is 7.31. The standard InChI is InChI=1S/C15H30N2O3/c1-10(2)11(8-9-16)6-7-12(18)17-13(14(19)20)15(3,4)5/h10-11,13H,6-9,16H2,1-5H3,(H,17,18)(H,19,20)/t11?,13-/m0/s1. The van der Waals surface area contributed by atoms with Gasteiger partial charge in [0.15, 0.2) is 0 Å². The zero-order valence-corrected chi connectivity index (χ0v) is 13.4. The van der Waals surface area contributed by atoms with Gasteiger partial charge in [0.2, 0.25) is 5.91 Å². The minimum absolute atomic E-state index is 0.199. The molecular formula is C15H30N2O3. The van der Waals surface area contributed by atoms with Crippen molar-refractivity contribution in [2.75, 3.05) is 6.54 Å². The first kappa shape index (κ1) is 18.9. The minimum atomic E-state index is -0.992. The van der Waals surface area contributed by atoms with Crippen LogP contribution in [0.4, 0.5) is 0 Å². The van der Waals surface area contributed by atoms with E-state index in [0.29, 0.717) is 24.8 Å². The number of aliphatic carboxylic acids is 1. The van der Waals surface area contributed by atoms with Crippen LogP contribution in [0.1, 0.15) is 53.9 Å². The van der Waals surface area contributed by atoms with E-state index < -0.39 is 17.4 Å². The third-order valence-corrected chi connectivity index (χ3v) is 3.64. The Kier molecular flexibility index (Phi) is 7.79. The largest absolute Gasteiger partial charge is 0.480 e. The Morgan fingerprint density at radius 3 is 2.10 bits per heavy atom. The lowest BCUT2D eigenvalue weighted by Crippen LogP contribution is -2.49. The molecule has 0 aliphatic rings. The average molecular weight is 286 g/mol. The van der Waals surface area contributed by atoms with E-state index in [9.17, 15) is 14.7 Å². The van der Waals surface area contributed by atoms with Crippen LogP contribution >= 0.6 is 0 Å². The maximum absolute atomic E-state index is 11.9. The van der Waals surface area contributed by atoms with Crippen LogP contribution in [0.5, 0.6) is 0 Å². The fourth-order valence-electron chi connectivity index (χ4n) is 2.22. The van der Waals surface area contributed by atoms with Crippen molar-refractivity contribution >= 4 is 11.9 Å². The van der Waals surface area contributed by atoms with Crippen molar-refractivity contribution in [2.24, 2.45) is 23.0 Å². The maximum atomic E-state index is 11.9. The average Bonchev–Trinajstić information content (AvgIpc) is 2.29. The van der Waals surface area contributed by atoms with Gasteiger partial charge in [0.25, 0.3) is 0 Å². The molecule has 0 spiro atoms. The van der Waals surface area contributed by atoms with Crippen molar-refractivity contribution < 1.29 is 14.7 Å². The van der Waals surface area contributed by atoms with Gasteiger partial charge < -0.3 is 16.2 Å². The molecule has 0 aromatic carbocycles. The molecule has 0 bridgehead atoms. The number of carboxylic acids is 1. The van der Waals surface area contributed by atoms with Crippen LogP contribution in [0.15, 0.2) is 0 Å². The second kappa shape index (κ2) is 8.25. The van der Waals surface area contributed by atoms with Crippen molar-refractivity contribution in [2.45, 2.75) is 59.9 Å². The van der Waals surface area contributed by atoms with Gasteiger partial charge in [-0.1, -0.05) is 34.6 Å². The highest BCUT2D eigenvalue weighted by Crippen LogP contribution is 2.22. The summed E-state index contributed by atoms with van der Waals surface area (Å²) in [5, 5.41) is 11.8. The van der Waals surface area contributed by atoms with E-state index in [1.165, 1.54) is 0 Å². The van der Waals surface area contributed by atoms with Gasteiger partial charge in [0.1, 0.15) is 6.04 Å². The highest BCUT2D eigenvalue weighted by atomic mass is 16.4. The smallest absolute Gasteiger partial charge is 0.326 e. The van der Waals surface area contributed by atoms with E-state index in [4.69, 9.17) is 5.73 Å². The monoisotopic (exact) mass is 286 g/mol. The molecule has 0 radical (unpaired) electrons. The molecule has 0 saturated carbocycles. The van der Waals surface area contributed by atoms with E-state index >= 15 is 0 Å². The number of nitrogens with two attached hydrogens (primary N) is 1. The predicted octanol–water partition coefficient (Wildman–Crippen LogP) is 2.00. The Morgan fingerprint density at radius 2 is 1.75 bits per heavy atom. The fourth-order valence-corrected chi connectivity index (χ4v) is 2.22. The molecule has 0 fully saturated rings. The van der Waals surface area contributed by atoms with Crippen LogP contribution in [0.3, 0.4) is 0 Å². The van der Waals surface area contributed by atoms with Crippen molar-refractivity contribution in [3.05, 3.63) is 0 Å². The normalized spacial score (nSPS) is 14.9. The molecule has 1 amide bonds. The maximum Gasteiger partial charge on any atom is 0.326 e. The lowest BCUT2D eigenvalue weighted by molar-refractivity contribution is -0.145. The molecule has 0 aromatic rings. The van der Waals surface area contributed by atoms with Crippen LogP contribution in [0, 0.1) is 17.3 Å². The molecule has 20 heavy (non-hydrogen) atoms. The number of carboxylic acid groups (broad SMARTS) is 1. The van der Waals surface area contributed by atoms with Gasteiger partial charge in [0, 0.05) is 6.42 Å². The molecule has 118 valence electrons. The van der Waals surface area contributed by atoms with Gasteiger partial charge in [-0.2, -0.15) is 0 Å². The molecule has 0 saturated heterocycles. The summed E-state index contributed by atoms with van der Waals surface area (Å²) in [7, 11) is 0. The van der Waals surface area contributed by atoms with Gasteiger partial charge in [-0.3, -0.25) is 4.79 Å². The first-order valence-electron chi connectivity index (χ1n) is 7.31. The molecule has 2 atom stereocenters. The van der Waals surface area contributed by atoms with Crippen molar-refractivity contribution in [3.63, 3.8) is 0 Å². The summed E-state index contributed by atoms with van der Waals surface area (Å²) in [5.41, 5.74) is 5.07. The zero-order chi connectivity index (χ0) is 15.9. The number of nitrogens with one attached hydrogen (secondary N) is 1. The predicted molar refractivity (Wildman–Crippen MR) is 80.3 cm³/mol. The summed E-state index contributed by atoms with van der Waals surface area (Å²) in [5.74, 6) is -0.309. The number of hydrogen-bond acceptors (Lipinski definition) is 3. The third kappa shape index (κ3) is 6.89. The Balaban J connectivity index is 4.44. The van der Waals surface area contributed by atoms with Gasteiger partial charge >= 0.3 is 5.97 Å². The second-order valence-electron chi connectivity index (χ2n) is 6.82. The van der Waals surface area contributed by atoms with Gasteiger partial charge in [-0.05, 0) is 36.6 Å². The topological polar surface area (TPSA) is 92.4 Å². The lowest BCUT2D eigenvalue weighted by Gasteiger charge is -2.28. The van der Waals surface area contributed by atoms with Crippen LogP contribution in [0.25, 0.3) is 0 Å². The first-order chi connectivity index (χ1) is 9.09. The molecule has 0 rings (SSSR count). The Labute approximate surface area is 122 Å². The van der Waals surface area contributed by atoms with Crippen LogP contribution in [-0.2, 0) is 9.59 Å². The summed E-state index contributed by atoms with van der Waals surface area (Å²) >= 11 is 0. The van der Waals surface area contributed by atoms with Gasteiger partial charge in [0.05, 0.1) is 0 Å². The van der Waals surface area contributed by atoms with E-state index in [1.807, 2.05) is 0 Å². The number of rotatable bonds is 8. The molecular weight excluding hydrogens is 256 g/mol. The molecule has 0 aromatic heterocycles. The molecule has 5 heteroatoms. The summed E-state index contributed by atoms with van der Waals surface area (Å²) in [6, 6.07) is -0.859. The summed E-state index contributed by atoms with van der Waals surface area (Å²) in [4.78, 5) is 23.1. The zero-order valence-electron chi connectivity index (χ0n) is 13.4.